The van der Waals surface area contributed by atoms with E-state index in [0.29, 0.717) is 0 Å². The van der Waals surface area contributed by atoms with Crippen molar-refractivity contribution < 1.29 is 0 Å². The lowest BCUT2D eigenvalue weighted by Crippen LogP contribution is -1.86. The first-order valence-corrected chi connectivity index (χ1v) is 4.30. The maximum absolute atomic E-state index is 4.44. The van der Waals surface area contributed by atoms with Gasteiger partial charge in [-0.1, -0.05) is 24.8 Å². The van der Waals surface area contributed by atoms with Crippen LogP contribution < -0.4 is 0 Å². The van der Waals surface area contributed by atoms with Crippen molar-refractivity contribution >= 4 is 17.0 Å². The van der Waals surface area contributed by atoms with Crippen LogP contribution in [0.1, 0.15) is 11.3 Å². The zero-order chi connectivity index (χ0) is 9.26. The van der Waals surface area contributed by atoms with Gasteiger partial charge in [0.1, 0.15) is 0 Å². The quantitative estimate of drug-likeness (QED) is 0.638. The van der Waals surface area contributed by atoms with E-state index >= 15 is 0 Å². The van der Waals surface area contributed by atoms with Gasteiger partial charge in [-0.3, -0.25) is 0 Å². The molecule has 0 radical (unpaired) electrons. The molecule has 0 aliphatic heterocycles. The smallest absolute Gasteiger partial charge is 0.0711 e. The molecule has 1 aromatic carbocycles. The number of para-hydroxylation sites is 1. The Hall–Kier alpha value is -1.63. The number of benzene rings is 1. The van der Waals surface area contributed by atoms with Gasteiger partial charge in [-0.05, 0) is 30.7 Å². The van der Waals surface area contributed by atoms with E-state index in [1.165, 1.54) is 10.9 Å². The lowest BCUT2D eigenvalue weighted by atomic mass is 10.1. The standard InChI is InChI=1S/C12H11N/c1-3-10-8-9(2)11-6-4-5-7-12(11)13-10/h3-8H,1H2,2H3. The molecule has 0 spiro atoms. The van der Waals surface area contributed by atoms with E-state index in [4.69, 9.17) is 0 Å². The van der Waals surface area contributed by atoms with Crippen LogP contribution in [0.3, 0.4) is 0 Å². The number of hydrogen-bond acceptors (Lipinski definition) is 1. The molecule has 64 valence electrons. The minimum absolute atomic E-state index is 0.941. The fourth-order valence-corrected chi connectivity index (χ4v) is 1.48. The molecule has 0 amide bonds. The fourth-order valence-electron chi connectivity index (χ4n) is 1.48. The second-order valence-electron chi connectivity index (χ2n) is 3.09. The fraction of sp³-hybridized carbons (Fsp3) is 0.0833. The van der Waals surface area contributed by atoms with Crippen molar-refractivity contribution in [3.05, 3.63) is 48.2 Å². The third-order valence-electron chi connectivity index (χ3n) is 2.15. The van der Waals surface area contributed by atoms with Crippen LogP contribution >= 0.6 is 0 Å². The van der Waals surface area contributed by atoms with Crippen molar-refractivity contribution in [2.45, 2.75) is 6.92 Å². The number of fused-ring (bicyclic) bond motifs is 1. The first kappa shape index (κ1) is 7.99. The lowest BCUT2D eigenvalue weighted by Gasteiger charge is -2.02. The van der Waals surface area contributed by atoms with Gasteiger partial charge in [0.15, 0.2) is 0 Å². The van der Waals surface area contributed by atoms with Crippen molar-refractivity contribution in [2.24, 2.45) is 0 Å². The summed E-state index contributed by atoms with van der Waals surface area (Å²) < 4.78 is 0. The van der Waals surface area contributed by atoms with E-state index in [1.807, 2.05) is 18.2 Å². The van der Waals surface area contributed by atoms with Crippen LogP contribution in [0.15, 0.2) is 36.9 Å². The maximum Gasteiger partial charge on any atom is 0.0711 e. The normalized spacial score (nSPS) is 10.2. The molecule has 0 atom stereocenters. The summed E-state index contributed by atoms with van der Waals surface area (Å²) in [7, 11) is 0. The van der Waals surface area contributed by atoms with Gasteiger partial charge in [-0.2, -0.15) is 0 Å². The number of pyridine rings is 1. The van der Waals surface area contributed by atoms with Gasteiger partial charge in [0.25, 0.3) is 0 Å². The number of nitrogens with zero attached hydrogens (tertiary/aromatic N) is 1. The first-order valence-electron chi connectivity index (χ1n) is 4.30. The second-order valence-corrected chi connectivity index (χ2v) is 3.09. The number of rotatable bonds is 1. The van der Waals surface area contributed by atoms with Gasteiger partial charge in [-0.25, -0.2) is 4.98 Å². The predicted octanol–water partition coefficient (Wildman–Crippen LogP) is 3.19. The van der Waals surface area contributed by atoms with Crippen LogP contribution in [0.25, 0.3) is 17.0 Å². The molecule has 1 nitrogen and oxygen atoms in total. The number of aryl methyl sites for hydroxylation is 1. The minimum Gasteiger partial charge on any atom is -0.248 e. The summed E-state index contributed by atoms with van der Waals surface area (Å²) in [4.78, 5) is 4.44. The van der Waals surface area contributed by atoms with Crippen molar-refractivity contribution in [1.29, 1.82) is 0 Å². The zero-order valence-electron chi connectivity index (χ0n) is 7.62. The Balaban J connectivity index is 2.84. The summed E-state index contributed by atoms with van der Waals surface area (Å²) in [6.07, 6.45) is 1.78. The molecule has 2 rings (SSSR count). The minimum atomic E-state index is 0.941. The molecule has 0 saturated carbocycles. The molecule has 13 heavy (non-hydrogen) atoms. The van der Waals surface area contributed by atoms with E-state index in [1.54, 1.807) is 6.08 Å². The SMILES string of the molecule is C=Cc1cc(C)c2ccccc2n1. The van der Waals surface area contributed by atoms with Crippen LogP contribution in [0.5, 0.6) is 0 Å². The Bertz CT molecular complexity index is 458. The summed E-state index contributed by atoms with van der Waals surface area (Å²) in [6, 6.07) is 10.2. The summed E-state index contributed by atoms with van der Waals surface area (Å²) in [5.74, 6) is 0. The molecule has 0 fully saturated rings. The third kappa shape index (κ3) is 1.33. The van der Waals surface area contributed by atoms with E-state index in [2.05, 4.69) is 30.6 Å². The summed E-state index contributed by atoms with van der Waals surface area (Å²) in [5, 5.41) is 1.22. The Morgan fingerprint density at radius 2 is 2.08 bits per heavy atom. The molecule has 0 unspecified atom stereocenters. The summed E-state index contributed by atoms with van der Waals surface area (Å²) >= 11 is 0. The van der Waals surface area contributed by atoms with E-state index in [9.17, 15) is 0 Å². The Labute approximate surface area is 77.7 Å². The van der Waals surface area contributed by atoms with Crippen molar-refractivity contribution in [3.63, 3.8) is 0 Å². The average Bonchev–Trinajstić information content (AvgIpc) is 2.18. The topological polar surface area (TPSA) is 12.9 Å². The molecule has 0 bridgehead atoms. The highest BCUT2D eigenvalue weighted by atomic mass is 14.7. The van der Waals surface area contributed by atoms with Crippen LogP contribution in [-0.4, -0.2) is 4.98 Å². The summed E-state index contributed by atoms with van der Waals surface area (Å²) in [6.45, 7) is 5.81. The highest BCUT2D eigenvalue weighted by Crippen LogP contribution is 2.17. The molecular weight excluding hydrogens is 158 g/mol. The van der Waals surface area contributed by atoms with Crippen molar-refractivity contribution in [2.75, 3.05) is 0 Å². The molecule has 1 heterocycles. The van der Waals surface area contributed by atoms with Crippen LogP contribution in [-0.2, 0) is 0 Å². The lowest BCUT2D eigenvalue weighted by molar-refractivity contribution is 1.34. The third-order valence-corrected chi connectivity index (χ3v) is 2.15. The molecule has 1 heteroatoms. The molecule has 0 aliphatic carbocycles. The van der Waals surface area contributed by atoms with Crippen LogP contribution in [0.4, 0.5) is 0 Å². The Kier molecular flexibility index (Phi) is 1.85. The highest BCUT2D eigenvalue weighted by Gasteiger charge is 1.98. The van der Waals surface area contributed by atoms with Crippen LogP contribution in [0.2, 0.25) is 0 Å². The average molecular weight is 169 g/mol. The van der Waals surface area contributed by atoms with Crippen molar-refractivity contribution in [1.82, 2.24) is 4.98 Å². The van der Waals surface area contributed by atoms with Gasteiger partial charge in [0, 0.05) is 5.39 Å². The molecule has 0 saturated heterocycles. The van der Waals surface area contributed by atoms with E-state index in [0.717, 1.165) is 11.2 Å². The van der Waals surface area contributed by atoms with Gasteiger partial charge in [0.2, 0.25) is 0 Å². The van der Waals surface area contributed by atoms with Gasteiger partial charge in [-0.15, -0.1) is 0 Å². The first-order chi connectivity index (χ1) is 6.31. The number of hydrogen-bond donors (Lipinski definition) is 0. The Morgan fingerprint density at radius 1 is 1.31 bits per heavy atom. The van der Waals surface area contributed by atoms with E-state index in [-0.39, 0.29) is 0 Å². The monoisotopic (exact) mass is 169 g/mol. The van der Waals surface area contributed by atoms with Gasteiger partial charge < -0.3 is 0 Å². The molecule has 0 aliphatic rings. The summed E-state index contributed by atoms with van der Waals surface area (Å²) in [5.41, 5.74) is 3.23. The highest BCUT2D eigenvalue weighted by molar-refractivity contribution is 5.82. The largest absolute Gasteiger partial charge is 0.248 e. The number of aromatic nitrogens is 1. The van der Waals surface area contributed by atoms with E-state index < -0.39 is 0 Å². The molecule has 0 N–H and O–H groups in total. The van der Waals surface area contributed by atoms with Gasteiger partial charge in [0.05, 0.1) is 11.2 Å². The van der Waals surface area contributed by atoms with Crippen molar-refractivity contribution in [3.8, 4) is 0 Å². The molecule has 2 aromatic rings. The Morgan fingerprint density at radius 3 is 2.85 bits per heavy atom. The maximum atomic E-state index is 4.44. The molecule has 1 aromatic heterocycles. The van der Waals surface area contributed by atoms with Gasteiger partial charge >= 0.3 is 0 Å². The second kappa shape index (κ2) is 3.02. The molecular formula is C12H11N. The predicted molar refractivity (Wildman–Crippen MR) is 56.6 cm³/mol. The zero-order valence-corrected chi connectivity index (χ0v) is 7.62. The van der Waals surface area contributed by atoms with Crippen LogP contribution in [0, 0.1) is 6.92 Å².